The molecule has 3 aromatic rings. The molecule has 0 fully saturated rings. The van der Waals surface area contributed by atoms with Gasteiger partial charge in [0, 0.05) is 12.2 Å². The fourth-order valence-corrected chi connectivity index (χ4v) is 3.42. The molecule has 3 aromatic carbocycles. The predicted molar refractivity (Wildman–Crippen MR) is 134 cm³/mol. The van der Waals surface area contributed by atoms with E-state index in [-0.39, 0.29) is 11.0 Å². The fraction of sp³-hybridized carbons (Fsp3) is 0.192. The van der Waals surface area contributed by atoms with Crippen LogP contribution < -0.4 is 20.9 Å². The van der Waals surface area contributed by atoms with Gasteiger partial charge in [0.2, 0.25) is 5.91 Å². The molecular formula is C26H27N3O4S. The minimum atomic E-state index is -0.543. The van der Waals surface area contributed by atoms with E-state index in [1.165, 1.54) is 0 Å². The highest BCUT2D eigenvalue weighted by Crippen LogP contribution is 2.24. The molecule has 0 aromatic heterocycles. The first-order chi connectivity index (χ1) is 16.6. The molecule has 0 saturated carbocycles. The van der Waals surface area contributed by atoms with Gasteiger partial charge in [-0.15, -0.1) is 0 Å². The number of hydrazine groups is 1. The Kier molecular flexibility index (Phi) is 9.57. The summed E-state index contributed by atoms with van der Waals surface area (Å²) >= 11 is 5.19. The van der Waals surface area contributed by atoms with Crippen molar-refractivity contribution in [2.75, 3.05) is 19.8 Å². The van der Waals surface area contributed by atoms with Gasteiger partial charge in [-0.3, -0.25) is 25.8 Å². The highest BCUT2D eigenvalue weighted by Gasteiger charge is 2.22. The lowest BCUT2D eigenvalue weighted by Crippen LogP contribution is -2.49. The lowest BCUT2D eigenvalue weighted by atomic mass is 9.91. The van der Waals surface area contributed by atoms with Crippen LogP contribution in [0.4, 0.5) is 0 Å². The van der Waals surface area contributed by atoms with Crippen molar-refractivity contribution in [2.24, 2.45) is 0 Å². The summed E-state index contributed by atoms with van der Waals surface area (Å²) in [6.07, 6.45) is 0. The molecule has 0 atom stereocenters. The Balaban J connectivity index is 1.57. The van der Waals surface area contributed by atoms with Gasteiger partial charge in [0.15, 0.2) is 5.11 Å². The summed E-state index contributed by atoms with van der Waals surface area (Å²) in [5.74, 6) is -0.726. The van der Waals surface area contributed by atoms with E-state index in [0.717, 1.165) is 11.1 Å². The van der Waals surface area contributed by atoms with Crippen LogP contribution in [0.3, 0.4) is 0 Å². The van der Waals surface area contributed by atoms with E-state index in [1.807, 2.05) is 67.6 Å². The second-order valence-electron chi connectivity index (χ2n) is 7.23. The number of ether oxygens (including phenoxy) is 2. The van der Waals surface area contributed by atoms with Crippen LogP contribution in [0, 0.1) is 0 Å². The molecule has 3 rings (SSSR count). The first kappa shape index (κ1) is 24.9. The Bertz CT molecular complexity index is 1050. The van der Waals surface area contributed by atoms with Gasteiger partial charge >= 0.3 is 0 Å². The van der Waals surface area contributed by atoms with Crippen molar-refractivity contribution >= 4 is 29.1 Å². The van der Waals surface area contributed by atoms with Crippen LogP contribution >= 0.6 is 12.2 Å². The topological polar surface area (TPSA) is 88.7 Å². The molecule has 0 aliphatic rings. The fourth-order valence-electron chi connectivity index (χ4n) is 3.27. The van der Waals surface area contributed by atoms with Gasteiger partial charge in [-0.1, -0.05) is 66.7 Å². The van der Waals surface area contributed by atoms with Crippen LogP contribution in [0.15, 0.2) is 84.9 Å². The van der Waals surface area contributed by atoms with Gasteiger partial charge in [-0.05, 0) is 48.5 Å². The summed E-state index contributed by atoms with van der Waals surface area (Å²) in [6.45, 7) is 3.38. The third-order valence-electron chi connectivity index (χ3n) is 4.85. The smallest absolute Gasteiger partial charge is 0.257 e. The van der Waals surface area contributed by atoms with Crippen molar-refractivity contribution in [1.29, 1.82) is 0 Å². The van der Waals surface area contributed by atoms with Crippen LogP contribution in [0.2, 0.25) is 0 Å². The maximum absolute atomic E-state index is 13.0. The molecule has 34 heavy (non-hydrogen) atoms. The molecule has 0 aliphatic heterocycles. The molecule has 0 saturated heterocycles. The van der Waals surface area contributed by atoms with Crippen LogP contribution in [-0.4, -0.2) is 36.7 Å². The molecular weight excluding hydrogens is 450 g/mol. The maximum Gasteiger partial charge on any atom is 0.257 e. The molecule has 0 bridgehead atoms. The third kappa shape index (κ3) is 7.40. The van der Waals surface area contributed by atoms with Crippen LogP contribution in [0.5, 0.6) is 5.75 Å². The lowest BCUT2D eigenvalue weighted by Gasteiger charge is -2.19. The van der Waals surface area contributed by atoms with E-state index < -0.39 is 11.8 Å². The van der Waals surface area contributed by atoms with E-state index >= 15 is 0 Å². The Hall–Kier alpha value is -3.75. The second kappa shape index (κ2) is 13.1. The van der Waals surface area contributed by atoms with Gasteiger partial charge in [0.05, 0.1) is 12.5 Å². The highest BCUT2D eigenvalue weighted by molar-refractivity contribution is 7.80. The number of hydrogen-bond donors (Lipinski definition) is 3. The Morgan fingerprint density at radius 1 is 0.853 bits per heavy atom. The van der Waals surface area contributed by atoms with E-state index in [1.54, 1.807) is 24.3 Å². The number of carbonyl (C=O) groups excluding carboxylic acids is 2. The first-order valence-electron chi connectivity index (χ1n) is 10.9. The number of amides is 2. The van der Waals surface area contributed by atoms with Crippen molar-refractivity contribution in [1.82, 2.24) is 16.2 Å². The number of nitrogens with one attached hydrogen (secondary N) is 3. The molecule has 0 unspecified atom stereocenters. The van der Waals surface area contributed by atoms with Gasteiger partial charge in [-0.25, -0.2) is 0 Å². The Morgan fingerprint density at radius 2 is 1.50 bits per heavy atom. The quantitative estimate of drug-likeness (QED) is 0.248. The van der Waals surface area contributed by atoms with Crippen molar-refractivity contribution in [3.05, 3.63) is 102 Å². The Morgan fingerprint density at radius 3 is 2.12 bits per heavy atom. The molecule has 3 N–H and O–H groups in total. The van der Waals surface area contributed by atoms with Gasteiger partial charge in [0.25, 0.3) is 5.91 Å². The molecule has 8 heteroatoms. The third-order valence-corrected chi connectivity index (χ3v) is 5.06. The van der Waals surface area contributed by atoms with Crippen LogP contribution in [0.25, 0.3) is 0 Å². The minimum Gasteiger partial charge on any atom is -0.491 e. The largest absolute Gasteiger partial charge is 0.491 e. The van der Waals surface area contributed by atoms with E-state index in [9.17, 15) is 9.59 Å². The number of carbonyl (C=O) groups is 2. The molecule has 0 spiro atoms. The summed E-state index contributed by atoms with van der Waals surface area (Å²) in [5, 5.41) is 2.53. The molecule has 7 nitrogen and oxygen atoms in total. The van der Waals surface area contributed by atoms with Crippen molar-refractivity contribution in [3.8, 4) is 5.75 Å². The van der Waals surface area contributed by atoms with Crippen molar-refractivity contribution in [2.45, 2.75) is 12.8 Å². The second-order valence-corrected chi connectivity index (χ2v) is 7.63. The highest BCUT2D eigenvalue weighted by atomic mass is 32.1. The summed E-state index contributed by atoms with van der Waals surface area (Å²) in [6, 6.07) is 25.6. The molecule has 0 aliphatic carbocycles. The zero-order valence-electron chi connectivity index (χ0n) is 18.8. The summed E-state index contributed by atoms with van der Waals surface area (Å²) < 4.78 is 10.8. The summed E-state index contributed by atoms with van der Waals surface area (Å²) in [7, 11) is 0. The van der Waals surface area contributed by atoms with Crippen LogP contribution in [-0.2, 0) is 9.53 Å². The number of rotatable bonds is 9. The number of hydrogen-bond acceptors (Lipinski definition) is 5. The predicted octanol–water partition coefficient (Wildman–Crippen LogP) is 3.57. The zero-order valence-corrected chi connectivity index (χ0v) is 19.6. The van der Waals surface area contributed by atoms with Crippen molar-refractivity contribution in [3.63, 3.8) is 0 Å². The van der Waals surface area contributed by atoms with Crippen LogP contribution in [0.1, 0.15) is 34.3 Å². The van der Waals surface area contributed by atoms with Gasteiger partial charge in [0.1, 0.15) is 12.4 Å². The molecule has 2 amide bonds. The first-order valence-corrected chi connectivity index (χ1v) is 11.3. The number of thiocarbonyl (C=S) groups is 1. The SMILES string of the molecule is CCOCCOc1cccc(C(=O)NC(=S)NNC(=O)C(c2ccccc2)c2ccccc2)c1. The monoisotopic (exact) mass is 477 g/mol. The average Bonchev–Trinajstić information content (AvgIpc) is 2.87. The molecule has 0 radical (unpaired) electrons. The Labute approximate surface area is 204 Å². The van der Waals surface area contributed by atoms with E-state index in [0.29, 0.717) is 31.1 Å². The molecule has 176 valence electrons. The van der Waals surface area contributed by atoms with Gasteiger partial charge < -0.3 is 9.47 Å². The standard InChI is InChI=1S/C26H27N3O4S/c1-2-32-16-17-33-22-15-9-14-21(18-22)24(30)27-26(34)29-28-25(31)23(19-10-5-3-6-11-19)20-12-7-4-8-13-20/h3-15,18,23H,2,16-17H2,1H3,(H,28,31)(H2,27,29,30,34). The lowest BCUT2D eigenvalue weighted by molar-refractivity contribution is -0.122. The average molecular weight is 478 g/mol. The zero-order chi connectivity index (χ0) is 24.2. The number of benzene rings is 3. The van der Waals surface area contributed by atoms with E-state index in [2.05, 4.69) is 16.2 Å². The van der Waals surface area contributed by atoms with E-state index in [4.69, 9.17) is 21.7 Å². The van der Waals surface area contributed by atoms with Crippen molar-refractivity contribution < 1.29 is 19.1 Å². The molecule has 0 heterocycles. The summed E-state index contributed by atoms with van der Waals surface area (Å²) in [4.78, 5) is 25.6. The van der Waals surface area contributed by atoms with Gasteiger partial charge in [-0.2, -0.15) is 0 Å². The maximum atomic E-state index is 13.0. The summed E-state index contributed by atoms with van der Waals surface area (Å²) in [5.41, 5.74) is 7.27. The normalized spacial score (nSPS) is 10.4. The minimum absolute atomic E-state index is 0.0270.